The molecule has 0 fully saturated rings. The van der Waals surface area contributed by atoms with Crippen LogP contribution in [0.3, 0.4) is 0 Å². The molecule has 1 atom stereocenters. The summed E-state index contributed by atoms with van der Waals surface area (Å²) in [4.78, 5) is 10.8. The molecule has 0 saturated heterocycles. The third kappa shape index (κ3) is 5.30. The van der Waals surface area contributed by atoms with Gasteiger partial charge in [0, 0.05) is 18.3 Å². The minimum atomic E-state index is -4.87. The Balaban J connectivity index is 2.64. The van der Waals surface area contributed by atoms with Crippen molar-refractivity contribution in [3.63, 3.8) is 0 Å². The number of anilines is 1. The van der Waals surface area contributed by atoms with Crippen LogP contribution in [-0.2, 0) is 11.3 Å². The predicted molar refractivity (Wildman–Crippen MR) is 67.7 cm³/mol. The second-order valence-electron chi connectivity index (χ2n) is 4.34. The van der Waals surface area contributed by atoms with Crippen molar-refractivity contribution in [3.05, 3.63) is 29.8 Å². The van der Waals surface area contributed by atoms with Crippen LogP contribution in [0.4, 0.5) is 18.9 Å². The number of rotatable bonds is 5. The topological polar surface area (TPSA) is 41.1 Å². The molecule has 0 aliphatic carbocycles. The molecular weight excluding hydrogens is 257 g/mol. The maximum absolute atomic E-state index is 12.1. The van der Waals surface area contributed by atoms with Crippen LogP contribution in [-0.4, -0.2) is 18.1 Å². The van der Waals surface area contributed by atoms with E-state index in [9.17, 15) is 18.0 Å². The number of amides is 1. The molecule has 0 spiro atoms. The van der Waals surface area contributed by atoms with Crippen LogP contribution >= 0.6 is 0 Å². The van der Waals surface area contributed by atoms with Gasteiger partial charge >= 0.3 is 12.1 Å². The highest BCUT2D eigenvalue weighted by atomic mass is 19.4. The zero-order valence-electron chi connectivity index (χ0n) is 10.8. The summed E-state index contributed by atoms with van der Waals surface area (Å²) in [6, 6.07) is 6.68. The van der Waals surface area contributed by atoms with Crippen LogP contribution in [0.1, 0.15) is 25.8 Å². The van der Waals surface area contributed by atoms with Gasteiger partial charge in [-0.15, -0.1) is 0 Å². The van der Waals surface area contributed by atoms with Crippen LogP contribution in [0, 0.1) is 0 Å². The van der Waals surface area contributed by atoms with E-state index < -0.39 is 12.1 Å². The van der Waals surface area contributed by atoms with E-state index in [1.165, 1.54) is 12.1 Å². The third-order valence-corrected chi connectivity index (χ3v) is 2.71. The first-order chi connectivity index (χ1) is 8.82. The quantitative estimate of drug-likeness (QED) is 0.866. The van der Waals surface area contributed by atoms with Gasteiger partial charge in [0.1, 0.15) is 0 Å². The lowest BCUT2D eigenvalue weighted by atomic mass is 10.1. The molecule has 0 aromatic heterocycles. The fourth-order valence-corrected chi connectivity index (χ4v) is 1.40. The lowest BCUT2D eigenvalue weighted by Crippen LogP contribution is -2.30. The van der Waals surface area contributed by atoms with E-state index in [4.69, 9.17) is 0 Å². The Kier molecular flexibility index (Phi) is 5.35. The Morgan fingerprint density at radius 3 is 2.63 bits per heavy atom. The number of benzene rings is 1. The molecule has 106 valence electrons. The summed E-state index contributed by atoms with van der Waals surface area (Å²) < 4.78 is 36.3. The predicted octanol–water partition coefficient (Wildman–Crippen LogP) is 3.08. The van der Waals surface area contributed by atoms with Gasteiger partial charge in [0.05, 0.1) is 0 Å². The Labute approximate surface area is 110 Å². The van der Waals surface area contributed by atoms with Gasteiger partial charge in [0.2, 0.25) is 0 Å². The molecule has 1 rings (SSSR count). The average molecular weight is 274 g/mol. The summed E-state index contributed by atoms with van der Waals surface area (Å²) in [6.45, 7) is 4.61. The van der Waals surface area contributed by atoms with E-state index in [0.29, 0.717) is 12.6 Å². The molecule has 0 aliphatic rings. The first-order valence-corrected chi connectivity index (χ1v) is 6.03. The van der Waals surface area contributed by atoms with Gasteiger partial charge in [-0.05, 0) is 31.0 Å². The lowest BCUT2D eigenvalue weighted by Gasteiger charge is -2.12. The first-order valence-electron chi connectivity index (χ1n) is 6.03. The number of halogens is 3. The standard InChI is InChI=1S/C13H17F3N2O/c1-3-9(2)17-8-10-5-4-6-11(7-10)18-12(19)13(14,15)16/h4-7,9,17H,3,8H2,1-2H3,(H,18,19). The van der Waals surface area contributed by atoms with E-state index in [-0.39, 0.29) is 5.69 Å². The molecule has 0 aliphatic heterocycles. The van der Waals surface area contributed by atoms with Crippen LogP contribution in [0.25, 0.3) is 0 Å². The Bertz CT molecular complexity index is 432. The molecule has 2 N–H and O–H groups in total. The second kappa shape index (κ2) is 6.56. The van der Waals surface area contributed by atoms with Crippen molar-refractivity contribution in [3.8, 4) is 0 Å². The van der Waals surface area contributed by atoms with Crippen LogP contribution in [0.5, 0.6) is 0 Å². The van der Waals surface area contributed by atoms with E-state index in [1.807, 2.05) is 19.2 Å². The highest BCUT2D eigenvalue weighted by molar-refractivity contribution is 5.94. The van der Waals surface area contributed by atoms with E-state index >= 15 is 0 Å². The fraction of sp³-hybridized carbons (Fsp3) is 0.462. The number of carbonyl (C=O) groups excluding carboxylic acids is 1. The van der Waals surface area contributed by atoms with Gasteiger partial charge < -0.3 is 10.6 Å². The van der Waals surface area contributed by atoms with Crippen LogP contribution in [0.2, 0.25) is 0 Å². The van der Waals surface area contributed by atoms with Crippen molar-refractivity contribution in [2.45, 2.75) is 39.0 Å². The van der Waals surface area contributed by atoms with Crippen molar-refractivity contribution < 1.29 is 18.0 Å². The number of alkyl halides is 3. The Hall–Kier alpha value is -1.56. The molecule has 1 unspecified atom stereocenters. The van der Waals surface area contributed by atoms with Crippen molar-refractivity contribution in [1.82, 2.24) is 5.32 Å². The Morgan fingerprint density at radius 1 is 1.37 bits per heavy atom. The maximum atomic E-state index is 12.1. The fourth-order valence-electron chi connectivity index (χ4n) is 1.40. The van der Waals surface area contributed by atoms with Crippen LogP contribution in [0.15, 0.2) is 24.3 Å². The van der Waals surface area contributed by atoms with Gasteiger partial charge in [0.15, 0.2) is 0 Å². The zero-order chi connectivity index (χ0) is 14.5. The molecule has 3 nitrogen and oxygen atoms in total. The van der Waals surface area contributed by atoms with Crippen molar-refractivity contribution in [1.29, 1.82) is 0 Å². The summed E-state index contributed by atoms with van der Waals surface area (Å²) in [7, 11) is 0. The minimum absolute atomic E-state index is 0.144. The molecule has 1 amide bonds. The highest BCUT2D eigenvalue weighted by Gasteiger charge is 2.38. The number of nitrogens with one attached hydrogen (secondary N) is 2. The molecular formula is C13H17F3N2O. The maximum Gasteiger partial charge on any atom is 0.471 e. The summed E-state index contributed by atoms with van der Waals surface area (Å²) in [5.74, 6) is -1.96. The number of carbonyl (C=O) groups is 1. The molecule has 1 aromatic carbocycles. The summed E-state index contributed by atoms with van der Waals surface area (Å²) in [5.41, 5.74) is 0.964. The van der Waals surface area contributed by atoms with Crippen LogP contribution < -0.4 is 10.6 Å². The largest absolute Gasteiger partial charge is 0.471 e. The smallest absolute Gasteiger partial charge is 0.318 e. The highest BCUT2D eigenvalue weighted by Crippen LogP contribution is 2.18. The third-order valence-electron chi connectivity index (χ3n) is 2.71. The lowest BCUT2D eigenvalue weighted by molar-refractivity contribution is -0.167. The molecule has 1 aromatic rings. The number of hydrogen-bond acceptors (Lipinski definition) is 2. The second-order valence-corrected chi connectivity index (χ2v) is 4.34. The molecule has 19 heavy (non-hydrogen) atoms. The van der Waals surface area contributed by atoms with E-state index in [0.717, 1.165) is 12.0 Å². The Morgan fingerprint density at radius 2 is 2.05 bits per heavy atom. The summed E-state index contributed by atoms with van der Waals surface area (Å²) in [6.07, 6.45) is -3.91. The first kappa shape index (κ1) is 15.5. The summed E-state index contributed by atoms with van der Waals surface area (Å²) in [5, 5.41) is 5.06. The average Bonchev–Trinajstić information content (AvgIpc) is 2.35. The molecule has 6 heteroatoms. The van der Waals surface area contributed by atoms with Crippen molar-refractivity contribution >= 4 is 11.6 Å². The normalized spacial score (nSPS) is 13.1. The minimum Gasteiger partial charge on any atom is -0.318 e. The van der Waals surface area contributed by atoms with Crippen molar-refractivity contribution in [2.75, 3.05) is 5.32 Å². The van der Waals surface area contributed by atoms with Gasteiger partial charge in [-0.3, -0.25) is 4.79 Å². The van der Waals surface area contributed by atoms with Gasteiger partial charge in [0.25, 0.3) is 0 Å². The zero-order valence-corrected chi connectivity index (χ0v) is 10.8. The monoisotopic (exact) mass is 274 g/mol. The SMILES string of the molecule is CCC(C)NCc1cccc(NC(=O)C(F)(F)F)c1. The molecule has 0 radical (unpaired) electrons. The van der Waals surface area contributed by atoms with Crippen molar-refractivity contribution in [2.24, 2.45) is 0 Å². The number of hydrogen-bond donors (Lipinski definition) is 2. The van der Waals surface area contributed by atoms with E-state index in [1.54, 1.807) is 12.1 Å². The molecule has 0 saturated carbocycles. The molecule has 0 bridgehead atoms. The van der Waals surface area contributed by atoms with Gasteiger partial charge in [-0.1, -0.05) is 19.1 Å². The van der Waals surface area contributed by atoms with Gasteiger partial charge in [-0.25, -0.2) is 0 Å². The molecule has 0 heterocycles. The summed E-state index contributed by atoms with van der Waals surface area (Å²) >= 11 is 0. The van der Waals surface area contributed by atoms with Gasteiger partial charge in [-0.2, -0.15) is 13.2 Å². The van der Waals surface area contributed by atoms with E-state index in [2.05, 4.69) is 5.32 Å².